The molecule has 1 amide bonds. The second-order valence-electron chi connectivity index (χ2n) is 7.01. The van der Waals surface area contributed by atoms with Gasteiger partial charge in [-0.1, -0.05) is 31.4 Å². The molecule has 0 aliphatic carbocycles. The second kappa shape index (κ2) is 8.77. The fraction of sp³-hybridized carbons (Fsp3) is 0.611. The zero-order valence-electron chi connectivity index (χ0n) is 15.5. The van der Waals surface area contributed by atoms with Crippen molar-refractivity contribution in [1.29, 1.82) is 0 Å². The molecule has 27 heavy (non-hydrogen) atoms. The average molecular weight is 416 g/mol. The number of carbonyl (C=O) groups excluding carboxylic acids is 1. The average Bonchev–Trinajstić information content (AvgIpc) is 2.64. The number of carbonyl (C=O) groups is 1. The van der Waals surface area contributed by atoms with Gasteiger partial charge in [-0.3, -0.25) is 9.69 Å². The Morgan fingerprint density at radius 2 is 2.19 bits per heavy atom. The van der Waals surface area contributed by atoms with Crippen molar-refractivity contribution in [3.8, 4) is 5.75 Å². The first kappa shape index (κ1) is 20.4. The van der Waals surface area contributed by atoms with Gasteiger partial charge in [0.05, 0.1) is 10.7 Å². The number of hydrogen-bond acceptors (Lipinski definition) is 5. The lowest BCUT2D eigenvalue weighted by molar-refractivity contribution is -0.118. The highest BCUT2D eigenvalue weighted by atomic mass is 35.5. The van der Waals surface area contributed by atoms with Gasteiger partial charge >= 0.3 is 0 Å². The van der Waals surface area contributed by atoms with Crippen molar-refractivity contribution in [2.45, 2.75) is 50.0 Å². The second-order valence-corrected chi connectivity index (χ2v) is 9.15. The van der Waals surface area contributed by atoms with E-state index in [1.165, 1.54) is 12.1 Å². The predicted octanol–water partition coefficient (Wildman–Crippen LogP) is 2.60. The predicted molar refractivity (Wildman–Crippen MR) is 105 cm³/mol. The molecule has 1 fully saturated rings. The number of amides is 1. The van der Waals surface area contributed by atoms with Crippen molar-refractivity contribution in [2.24, 2.45) is 0 Å². The number of hydrogen-bond donors (Lipinski definition) is 2. The van der Waals surface area contributed by atoms with E-state index in [0.29, 0.717) is 18.0 Å². The van der Waals surface area contributed by atoms with Crippen LogP contribution in [0.5, 0.6) is 5.75 Å². The molecule has 1 saturated heterocycles. The highest BCUT2D eigenvalue weighted by Gasteiger charge is 2.27. The summed E-state index contributed by atoms with van der Waals surface area (Å²) >= 11 is 6.18. The van der Waals surface area contributed by atoms with Gasteiger partial charge in [-0.25, -0.2) is 13.1 Å². The molecule has 1 aromatic carbocycles. The van der Waals surface area contributed by atoms with E-state index in [9.17, 15) is 13.2 Å². The van der Waals surface area contributed by atoms with E-state index in [-0.39, 0.29) is 28.5 Å². The van der Waals surface area contributed by atoms with Crippen LogP contribution < -0.4 is 14.8 Å². The number of sulfonamides is 1. The number of benzene rings is 1. The minimum Gasteiger partial charge on any atom is -0.482 e. The van der Waals surface area contributed by atoms with E-state index in [1.54, 1.807) is 0 Å². The molecule has 1 aromatic rings. The van der Waals surface area contributed by atoms with E-state index in [1.807, 2.05) is 0 Å². The van der Waals surface area contributed by atoms with E-state index in [4.69, 9.17) is 16.3 Å². The summed E-state index contributed by atoms with van der Waals surface area (Å²) in [6, 6.07) is 2.98. The van der Waals surface area contributed by atoms with Gasteiger partial charge in [0.1, 0.15) is 10.6 Å². The summed E-state index contributed by atoms with van der Waals surface area (Å²) in [5.41, 5.74) is 0.383. The molecule has 0 radical (unpaired) electrons. The van der Waals surface area contributed by atoms with E-state index in [2.05, 4.69) is 21.9 Å². The van der Waals surface area contributed by atoms with Crippen LogP contribution in [-0.2, 0) is 14.8 Å². The Morgan fingerprint density at radius 1 is 1.37 bits per heavy atom. The Morgan fingerprint density at radius 3 is 2.96 bits per heavy atom. The molecule has 7 nitrogen and oxygen atoms in total. The van der Waals surface area contributed by atoms with Crippen LogP contribution in [0.25, 0.3) is 0 Å². The summed E-state index contributed by atoms with van der Waals surface area (Å²) in [5, 5.41) is 2.67. The van der Waals surface area contributed by atoms with Gasteiger partial charge in [0, 0.05) is 18.7 Å². The summed E-state index contributed by atoms with van der Waals surface area (Å²) in [4.78, 5) is 13.7. The van der Waals surface area contributed by atoms with Crippen molar-refractivity contribution in [3.05, 3.63) is 17.2 Å². The topological polar surface area (TPSA) is 87.7 Å². The fourth-order valence-electron chi connectivity index (χ4n) is 3.52. The lowest BCUT2D eigenvalue weighted by Gasteiger charge is -2.35. The lowest BCUT2D eigenvalue weighted by Crippen LogP contribution is -2.46. The maximum absolute atomic E-state index is 12.8. The molecule has 9 heteroatoms. The Hall–Kier alpha value is -1.35. The highest BCUT2D eigenvalue weighted by Crippen LogP contribution is 2.35. The number of nitrogens with zero attached hydrogens (tertiary/aromatic N) is 1. The van der Waals surface area contributed by atoms with Crippen molar-refractivity contribution in [1.82, 2.24) is 9.62 Å². The van der Waals surface area contributed by atoms with E-state index in [0.717, 1.165) is 45.2 Å². The molecule has 150 valence electrons. The van der Waals surface area contributed by atoms with Crippen molar-refractivity contribution < 1.29 is 17.9 Å². The van der Waals surface area contributed by atoms with Crippen LogP contribution in [0.4, 0.5) is 5.69 Å². The van der Waals surface area contributed by atoms with Crippen LogP contribution >= 0.6 is 11.6 Å². The monoisotopic (exact) mass is 415 g/mol. The molecule has 2 heterocycles. The summed E-state index contributed by atoms with van der Waals surface area (Å²) < 4.78 is 33.6. The van der Waals surface area contributed by atoms with E-state index < -0.39 is 10.0 Å². The van der Waals surface area contributed by atoms with Crippen LogP contribution in [0.1, 0.15) is 39.0 Å². The third kappa shape index (κ3) is 4.93. The normalized spacial score (nSPS) is 20.7. The minimum absolute atomic E-state index is 0.0324. The first-order chi connectivity index (χ1) is 12.9. The van der Waals surface area contributed by atoms with Crippen molar-refractivity contribution >= 4 is 33.2 Å². The number of piperidine rings is 1. The number of rotatable bonds is 7. The number of unbranched alkanes of at least 4 members (excludes halogenated alkanes) is 1. The Balaban J connectivity index is 1.72. The SMILES string of the molecule is CCCCN1CCCCC1CNS(=O)(=O)c1cc2c(cc1Cl)NC(=O)CO2. The Labute approximate surface area is 165 Å². The molecule has 1 unspecified atom stereocenters. The molecule has 1 atom stereocenters. The van der Waals surface area contributed by atoms with Gasteiger partial charge in [-0.05, 0) is 38.4 Å². The molecule has 0 saturated carbocycles. The maximum Gasteiger partial charge on any atom is 0.262 e. The summed E-state index contributed by atoms with van der Waals surface area (Å²) in [6.07, 6.45) is 5.49. The molecule has 2 aliphatic rings. The van der Waals surface area contributed by atoms with Gasteiger partial charge in [-0.15, -0.1) is 0 Å². The molecule has 0 aromatic heterocycles. The maximum atomic E-state index is 12.8. The first-order valence-corrected chi connectivity index (χ1v) is 11.3. The van der Waals surface area contributed by atoms with Gasteiger partial charge in [0.25, 0.3) is 5.91 Å². The number of likely N-dealkylation sites (tertiary alicyclic amines) is 1. The van der Waals surface area contributed by atoms with Gasteiger partial charge < -0.3 is 10.1 Å². The van der Waals surface area contributed by atoms with Gasteiger partial charge in [-0.2, -0.15) is 0 Å². The lowest BCUT2D eigenvalue weighted by atomic mass is 10.0. The number of fused-ring (bicyclic) bond motifs is 1. The fourth-order valence-corrected chi connectivity index (χ4v) is 5.13. The van der Waals surface area contributed by atoms with Gasteiger partial charge in [0.15, 0.2) is 6.61 Å². The van der Waals surface area contributed by atoms with Crippen molar-refractivity contribution in [2.75, 3.05) is 31.6 Å². The number of nitrogens with one attached hydrogen (secondary N) is 2. The molecule has 2 N–H and O–H groups in total. The van der Waals surface area contributed by atoms with Crippen LogP contribution in [-0.4, -0.2) is 51.5 Å². The van der Waals surface area contributed by atoms with Crippen LogP contribution in [0, 0.1) is 0 Å². The molecule has 0 spiro atoms. The molecule has 2 aliphatic heterocycles. The third-order valence-corrected chi connectivity index (χ3v) is 6.90. The van der Waals surface area contributed by atoms with Crippen molar-refractivity contribution in [3.63, 3.8) is 0 Å². The van der Waals surface area contributed by atoms with Crippen LogP contribution in [0.15, 0.2) is 17.0 Å². The van der Waals surface area contributed by atoms with E-state index >= 15 is 0 Å². The Kier molecular flexibility index (Phi) is 6.62. The van der Waals surface area contributed by atoms with Gasteiger partial charge in [0.2, 0.25) is 10.0 Å². The zero-order valence-corrected chi connectivity index (χ0v) is 17.0. The molecule has 3 rings (SSSR count). The number of anilines is 1. The third-order valence-electron chi connectivity index (χ3n) is 5.01. The summed E-state index contributed by atoms with van der Waals surface area (Å²) in [5.74, 6) is 0.0124. The summed E-state index contributed by atoms with van der Waals surface area (Å²) in [6.45, 7) is 4.38. The molecular weight excluding hydrogens is 390 g/mol. The molecule has 0 bridgehead atoms. The highest BCUT2D eigenvalue weighted by molar-refractivity contribution is 7.89. The number of ether oxygens (including phenoxy) is 1. The van der Waals surface area contributed by atoms with Crippen LogP contribution in [0.2, 0.25) is 5.02 Å². The minimum atomic E-state index is -3.78. The number of halogens is 1. The largest absolute Gasteiger partial charge is 0.482 e. The molecular formula is C18H26ClN3O4S. The first-order valence-electron chi connectivity index (χ1n) is 9.40. The van der Waals surface area contributed by atoms with Crippen LogP contribution in [0.3, 0.4) is 0 Å². The quantitative estimate of drug-likeness (QED) is 0.714. The smallest absolute Gasteiger partial charge is 0.262 e. The standard InChI is InChI=1S/C18H26ClN3O4S/c1-2-3-7-22-8-5-4-6-13(22)11-20-27(24,25)17-10-16-15(9-14(17)19)21-18(23)12-26-16/h9-10,13,20H,2-8,11-12H2,1H3,(H,21,23). The zero-order chi connectivity index (χ0) is 19.4. The summed E-state index contributed by atoms with van der Waals surface area (Å²) in [7, 11) is -3.78. The Bertz CT molecular complexity index is 800.